The maximum absolute atomic E-state index is 12.5. The van der Waals surface area contributed by atoms with Crippen LogP contribution >= 0.6 is 24.0 Å². The quantitative estimate of drug-likeness (QED) is 0.663. The first kappa shape index (κ1) is 15.8. The molecule has 1 saturated heterocycles. The van der Waals surface area contributed by atoms with Gasteiger partial charge in [0, 0.05) is 6.08 Å². The maximum Gasteiger partial charge on any atom is 0.327 e. The fourth-order valence-electron chi connectivity index (χ4n) is 2.05. The summed E-state index contributed by atoms with van der Waals surface area (Å²) in [4.78, 5) is 25.5. The second-order valence-corrected chi connectivity index (χ2v) is 6.41. The van der Waals surface area contributed by atoms with Gasteiger partial charge >= 0.3 is 5.97 Å². The van der Waals surface area contributed by atoms with E-state index in [1.807, 2.05) is 6.92 Å². The Morgan fingerprint density at radius 1 is 1.62 bits per heavy atom. The minimum absolute atomic E-state index is 0.187. The molecule has 21 heavy (non-hydrogen) atoms. The molecule has 1 aromatic heterocycles. The fourth-order valence-corrected chi connectivity index (χ4v) is 3.36. The molecule has 2 heterocycles. The summed E-state index contributed by atoms with van der Waals surface area (Å²) in [5, 5.41) is 9.41. The average molecular weight is 325 g/mol. The molecule has 5 nitrogen and oxygen atoms in total. The van der Waals surface area contributed by atoms with Crippen molar-refractivity contribution >= 4 is 46.3 Å². The van der Waals surface area contributed by atoms with Crippen LogP contribution < -0.4 is 0 Å². The van der Waals surface area contributed by atoms with Gasteiger partial charge < -0.3 is 9.52 Å². The number of hydrogen-bond donors (Lipinski definition) is 1. The first-order chi connectivity index (χ1) is 9.95. The molecule has 1 aromatic rings. The summed E-state index contributed by atoms with van der Waals surface area (Å²) in [5.74, 6) is -1.08. The molecule has 1 aliphatic heterocycles. The zero-order valence-electron chi connectivity index (χ0n) is 11.6. The number of thioether (sulfide) groups is 1. The fraction of sp³-hybridized carbons (Fsp3) is 0.357. The molecule has 0 radical (unpaired) electrons. The Kier molecular flexibility index (Phi) is 4.84. The van der Waals surface area contributed by atoms with Gasteiger partial charge in [0.05, 0.1) is 11.2 Å². The van der Waals surface area contributed by atoms with Crippen molar-refractivity contribution in [1.82, 2.24) is 4.90 Å². The number of hydrogen-bond acceptors (Lipinski definition) is 5. The lowest BCUT2D eigenvalue weighted by atomic mass is 9.98. The van der Waals surface area contributed by atoms with Crippen LogP contribution in [0.15, 0.2) is 27.7 Å². The number of carbonyl (C=O) groups excluding carboxylic acids is 1. The lowest BCUT2D eigenvalue weighted by Gasteiger charge is -2.27. The number of nitrogens with zero attached hydrogens (tertiary/aromatic N) is 1. The number of aliphatic carboxylic acids is 1. The lowest BCUT2D eigenvalue weighted by molar-refractivity contribution is -0.147. The van der Waals surface area contributed by atoms with E-state index in [-0.39, 0.29) is 16.1 Å². The van der Waals surface area contributed by atoms with Crippen LogP contribution in [0.2, 0.25) is 0 Å². The van der Waals surface area contributed by atoms with Crippen LogP contribution in [-0.2, 0) is 9.59 Å². The van der Waals surface area contributed by atoms with E-state index < -0.39 is 12.0 Å². The Balaban J connectivity index is 2.31. The van der Waals surface area contributed by atoms with Crippen molar-refractivity contribution in [3.8, 4) is 0 Å². The van der Waals surface area contributed by atoms with E-state index in [2.05, 4.69) is 0 Å². The molecule has 0 saturated carbocycles. The predicted octanol–water partition coefficient (Wildman–Crippen LogP) is 2.98. The topological polar surface area (TPSA) is 70.8 Å². The van der Waals surface area contributed by atoms with Gasteiger partial charge in [-0.25, -0.2) is 4.79 Å². The number of carboxylic acids is 1. The Bertz CT molecular complexity index is 594. The molecule has 1 fully saturated rings. The number of furan rings is 1. The molecule has 1 aliphatic rings. The normalized spacial score (nSPS) is 20.1. The number of rotatable bonds is 5. The number of carboxylic acid groups (broad SMARTS) is 1. The van der Waals surface area contributed by atoms with Crippen LogP contribution in [0.25, 0.3) is 6.08 Å². The van der Waals surface area contributed by atoms with Crippen molar-refractivity contribution in [2.75, 3.05) is 0 Å². The molecular weight excluding hydrogens is 310 g/mol. The molecule has 2 rings (SSSR count). The minimum Gasteiger partial charge on any atom is -0.480 e. The van der Waals surface area contributed by atoms with Crippen molar-refractivity contribution in [1.29, 1.82) is 0 Å². The van der Waals surface area contributed by atoms with Gasteiger partial charge in [0.2, 0.25) is 0 Å². The average Bonchev–Trinajstić information content (AvgIpc) is 3.02. The molecule has 7 heteroatoms. The van der Waals surface area contributed by atoms with Crippen molar-refractivity contribution in [2.24, 2.45) is 5.92 Å². The van der Waals surface area contributed by atoms with E-state index in [0.29, 0.717) is 17.1 Å². The maximum atomic E-state index is 12.5. The van der Waals surface area contributed by atoms with Crippen molar-refractivity contribution in [3.63, 3.8) is 0 Å². The van der Waals surface area contributed by atoms with Gasteiger partial charge in [-0.1, -0.05) is 44.2 Å². The number of carbonyl (C=O) groups is 2. The largest absolute Gasteiger partial charge is 0.480 e. The highest BCUT2D eigenvalue weighted by Crippen LogP contribution is 2.35. The van der Waals surface area contributed by atoms with Gasteiger partial charge in [0.15, 0.2) is 0 Å². The summed E-state index contributed by atoms with van der Waals surface area (Å²) in [6, 6.07) is 2.49. The van der Waals surface area contributed by atoms with Gasteiger partial charge in [0.1, 0.15) is 16.1 Å². The SMILES string of the molecule is CC[C@@H](C)[C@@H](C(=O)O)N1C(=O)/C(=C\c2ccco2)SC1=S. The predicted molar refractivity (Wildman–Crippen MR) is 84.6 cm³/mol. The van der Waals surface area contributed by atoms with E-state index in [1.54, 1.807) is 25.1 Å². The second-order valence-electron chi connectivity index (χ2n) is 4.74. The number of amides is 1. The summed E-state index contributed by atoms with van der Waals surface area (Å²) >= 11 is 6.29. The molecule has 1 N–H and O–H groups in total. The smallest absolute Gasteiger partial charge is 0.327 e. The van der Waals surface area contributed by atoms with Crippen LogP contribution in [0.1, 0.15) is 26.0 Å². The first-order valence-electron chi connectivity index (χ1n) is 6.49. The van der Waals surface area contributed by atoms with Crippen molar-refractivity contribution < 1.29 is 19.1 Å². The molecule has 0 spiro atoms. The molecule has 0 bridgehead atoms. The summed E-state index contributed by atoms with van der Waals surface area (Å²) in [6.07, 6.45) is 3.73. The van der Waals surface area contributed by atoms with Gasteiger partial charge in [-0.3, -0.25) is 9.69 Å². The molecule has 0 aliphatic carbocycles. The Labute approximate surface area is 132 Å². The van der Waals surface area contributed by atoms with E-state index in [0.717, 1.165) is 11.8 Å². The molecule has 0 aromatic carbocycles. The second kappa shape index (κ2) is 6.44. The van der Waals surface area contributed by atoms with Gasteiger partial charge in [-0.2, -0.15) is 0 Å². The molecule has 2 atom stereocenters. The zero-order valence-corrected chi connectivity index (χ0v) is 13.2. The highest BCUT2D eigenvalue weighted by atomic mass is 32.2. The van der Waals surface area contributed by atoms with Crippen LogP contribution in [-0.4, -0.2) is 32.2 Å². The van der Waals surface area contributed by atoms with Crippen LogP contribution in [0.3, 0.4) is 0 Å². The molecule has 0 unspecified atom stereocenters. The Morgan fingerprint density at radius 2 is 2.33 bits per heavy atom. The minimum atomic E-state index is -1.04. The van der Waals surface area contributed by atoms with Gasteiger partial charge in [-0.05, 0) is 18.1 Å². The summed E-state index contributed by atoms with van der Waals surface area (Å²) in [7, 11) is 0. The molecular formula is C14H15NO4S2. The molecule has 1 amide bonds. The van der Waals surface area contributed by atoms with Gasteiger partial charge in [0.25, 0.3) is 5.91 Å². The first-order valence-corrected chi connectivity index (χ1v) is 7.71. The highest BCUT2D eigenvalue weighted by Gasteiger charge is 2.42. The van der Waals surface area contributed by atoms with E-state index in [9.17, 15) is 14.7 Å². The Hall–Kier alpha value is -1.60. The summed E-state index contributed by atoms with van der Waals surface area (Å²) < 4.78 is 5.44. The standard InChI is InChI=1S/C14H15NO4S2/c1-3-8(2)11(13(17)18)15-12(16)10(21-14(15)20)7-9-5-4-6-19-9/h4-8,11H,3H2,1-2H3,(H,17,18)/b10-7+/t8-,11+/m1/s1. The number of thiocarbonyl (C=S) groups is 1. The van der Waals surface area contributed by atoms with Crippen molar-refractivity contribution in [2.45, 2.75) is 26.3 Å². The van der Waals surface area contributed by atoms with Crippen LogP contribution in [0, 0.1) is 5.92 Å². The molecule has 112 valence electrons. The van der Waals surface area contributed by atoms with E-state index >= 15 is 0 Å². The zero-order chi connectivity index (χ0) is 15.6. The van der Waals surface area contributed by atoms with E-state index in [1.165, 1.54) is 11.2 Å². The third kappa shape index (κ3) is 3.19. The monoisotopic (exact) mass is 325 g/mol. The van der Waals surface area contributed by atoms with E-state index in [4.69, 9.17) is 16.6 Å². The highest BCUT2D eigenvalue weighted by molar-refractivity contribution is 8.26. The summed E-state index contributed by atoms with van der Waals surface area (Å²) in [5.41, 5.74) is 0. The summed E-state index contributed by atoms with van der Waals surface area (Å²) in [6.45, 7) is 3.69. The third-order valence-corrected chi connectivity index (χ3v) is 4.68. The van der Waals surface area contributed by atoms with Crippen LogP contribution in [0.4, 0.5) is 0 Å². The van der Waals surface area contributed by atoms with Gasteiger partial charge in [-0.15, -0.1) is 0 Å². The van der Waals surface area contributed by atoms with Crippen LogP contribution in [0.5, 0.6) is 0 Å². The Morgan fingerprint density at radius 3 is 2.86 bits per heavy atom. The third-order valence-electron chi connectivity index (χ3n) is 3.35. The van der Waals surface area contributed by atoms with Crippen molar-refractivity contribution in [3.05, 3.63) is 29.1 Å². The lowest BCUT2D eigenvalue weighted by Crippen LogP contribution is -2.47.